The number of hydrogen-bond donors (Lipinski definition) is 1. The molecule has 2 rings (SSSR count). The fourth-order valence-electron chi connectivity index (χ4n) is 1.83. The van der Waals surface area contributed by atoms with Crippen LogP contribution in [0, 0.1) is 22.7 Å². The van der Waals surface area contributed by atoms with Crippen molar-refractivity contribution in [3.63, 3.8) is 0 Å². The van der Waals surface area contributed by atoms with Crippen molar-refractivity contribution in [2.24, 2.45) is 0 Å². The Balaban J connectivity index is 2.39. The third-order valence-corrected chi connectivity index (χ3v) is 3.01. The summed E-state index contributed by atoms with van der Waals surface area (Å²) in [5.41, 5.74) is 1.27. The van der Waals surface area contributed by atoms with Crippen molar-refractivity contribution < 1.29 is 4.79 Å². The molecule has 1 heterocycles. The van der Waals surface area contributed by atoms with Crippen LogP contribution in [-0.2, 0) is 4.79 Å². The maximum atomic E-state index is 11.7. The van der Waals surface area contributed by atoms with Gasteiger partial charge in [0.15, 0.2) is 0 Å². The van der Waals surface area contributed by atoms with Crippen LogP contribution < -0.4 is 4.90 Å². The number of thiol groups is 1. The van der Waals surface area contributed by atoms with E-state index in [1.54, 1.807) is 23.1 Å². The Bertz CT molecular complexity index is 556. The number of hydrogen-bond acceptors (Lipinski definition) is 4. The molecule has 1 unspecified atom stereocenters. The molecule has 1 aliphatic rings. The first-order chi connectivity index (χ1) is 8.15. The zero-order valence-corrected chi connectivity index (χ0v) is 9.82. The smallest absolute Gasteiger partial charge is 0.228 e. The van der Waals surface area contributed by atoms with Gasteiger partial charge in [0.2, 0.25) is 5.91 Å². The molecule has 0 saturated carbocycles. The highest BCUT2D eigenvalue weighted by molar-refractivity contribution is 7.81. The quantitative estimate of drug-likeness (QED) is 0.759. The van der Waals surface area contributed by atoms with Gasteiger partial charge in [-0.25, -0.2) is 0 Å². The zero-order valence-electron chi connectivity index (χ0n) is 8.92. The average molecular weight is 243 g/mol. The van der Waals surface area contributed by atoms with E-state index in [0.717, 1.165) is 0 Å². The molecule has 0 aliphatic carbocycles. The fraction of sp³-hybridized carbons (Fsp3) is 0.250. The van der Waals surface area contributed by atoms with E-state index in [1.807, 2.05) is 12.1 Å². The van der Waals surface area contributed by atoms with Gasteiger partial charge in [0.25, 0.3) is 0 Å². The Hall–Kier alpha value is -1.98. The second-order valence-electron chi connectivity index (χ2n) is 3.82. The molecule has 1 amide bonds. The topological polar surface area (TPSA) is 67.9 Å². The van der Waals surface area contributed by atoms with E-state index in [9.17, 15) is 4.79 Å². The van der Waals surface area contributed by atoms with Crippen molar-refractivity contribution in [2.75, 3.05) is 11.4 Å². The van der Waals surface area contributed by atoms with Crippen molar-refractivity contribution in [2.45, 2.75) is 11.7 Å². The minimum Gasteiger partial charge on any atom is -0.311 e. The maximum Gasteiger partial charge on any atom is 0.228 e. The third-order valence-electron chi connectivity index (χ3n) is 2.66. The van der Waals surface area contributed by atoms with Crippen LogP contribution in [0.3, 0.4) is 0 Å². The summed E-state index contributed by atoms with van der Waals surface area (Å²) in [6.07, 6.45) is 0.408. The summed E-state index contributed by atoms with van der Waals surface area (Å²) in [4.78, 5) is 13.3. The molecule has 17 heavy (non-hydrogen) atoms. The molecule has 5 heteroatoms. The fourth-order valence-corrected chi connectivity index (χ4v) is 2.15. The van der Waals surface area contributed by atoms with Crippen molar-refractivity contribution in [1.82, 2.24) is 0 Å². The Morgan fingerprint density at radius 1 is 1.29 bits per heavy atom. The third kappa shape index (κ3) is 2.11. The average Bonchev–Trinajstić information content (AvgIpc) is 2.67. The molecule has 1 saturated heterocycles. The molecule has 0 N–H and O–H groups in total. The minimum atomic E-state index is -0.00130. The number of carbonyl (C=O) groups is 1. The van der Waals surface area contributed by atoms with Crippen LogP contribution in [0.5, 0.6) is 0 Å². The molecule has 1 aromatic carbocycles. The summed E-state index contributed by atoms with van der Waals surface area (Å²) in [5.74, 6) is -0.00130. The van der Waals surface area contributed by atoms with Crippen LogP contribution in [0.15, 0.2) is 18.2 Å². The van der Waals surface area contributed by atoms with E-state index < -0.39 is 0 Å². The molecule has 0 aromatic heterocycles. The number of nitrogens with zero attached hydrogens (tertiary/aromatic N) is 3. The van der Waals surface area contributed by atoms with E-state index in [1.165, 1.54) is 0 Å². The second-order valence-corrected chi connectivity index (χ2v) is 4.55. The Morgan fingerprint density at radius 3 is 2.53 bits per heavy atom. The maximum absolute atomic E-state index is 11.7. The van der Waals surface area contributed by atoms with Gasteiger partial charge in [-0.15, -0.1) is 0 Å². The van der Waals surface area contributed by atoms with Crippen LogP contribution in [0.1, 0.15) is 17.5 Å². The lowest BCUT2D eigenvalue weighted by Crippen LogP contribution is -2.24. The van der Waals surface area contributed by atoms with Gasteiger partial charge in [-0.2, -0.15) is 23.2 Å². The van der Waals surface area contributed by atoms with Gasteiger partial charge in [-0.1, -0.05) is 0 Å². The van der Waals surface area contributed by atoms with Gasteiger partial charge in [0.05, 0.1) is 11.1 Å². The van der Waals surface area contributed by atoms with Crippen LogP contribution in [-0.4, -0.2) is 17.7 Å². The van der Waals surface area contributed by atoms with Gasteiger partial charge in [-0.3, -0.25) is 4.79 Å². The lowest BCUT2D eigenvalue weighted by molar-refractivity contribution is -0.117. The van der Waals surface area contributed by atoms with E-state index in [4.69, 9.17) is 10.5 Å². The molecule has 0 bridgehead atoms. The molecule has 4 nitrogen and oxygen atoms in total. The first-order valence-corrected chi connectivity index (χ1v) is 5.60. The summed E-state index contributed by atoms with van der Waals surface area (Å²) in [6.45, 7) is 0.540. The first kappa shape index (κ1) is 11.5. The molecule has 1 atom stereocenters. The summed E-state index contributed by atoms with van der Waals surface area (Å²) in [6, 6.07) is 8.72. The van der Waals surface area contributed by atoms with Crippen LogP contribution in [0.4, 0.5) is 5.69 Å². The number of nitriles is 2. The first-order valence-electron chi connectivity index (χ1n) is 5.08. The predicted octanol–water partition coefficient (Wildman–Crippen LogP) is 1.47. The molecule has 1 fully saturated rings. The molecular weight excluding hydrogens is 234 g/mol. The SMILES string of the molecule is N#Cc1ccc(N2CC(S)CC2=O)cc1C#N. The monoisotopic (exact) mass is 243 g/mol. The lowest BCUT2D eigenvalue weighted by Gasteiger charge is -2.16. The van der Waals surface area contributed by atoms with Crippen LogP contribution >= 0.6 is 12.6 Å². The highest BCUT2D eigenvalue weighted by Gasteiger charge is 2.28. The van der Waals surface area contributed by atoms with E-state index in [-0.39, 0.29) is 11.2 Å². The van der Waals surface area contributed by atoms with Gasteiger partial charge in [0, 0.05) is 23.9 Å². The van der Waals surface area contributed by atoms with Crippen molar-refractivity contribution >= 4 is 24.2 Å². The van der Waals surface area contributed by atoms with Crippen LogP contribution in [0.25, 0.3) is 0 Å². The summed E-state index contributed by atoms with van der Waals surface area (Å²) < 4.78 is 0. The predicted molar refractivity (Wildman–Crippen MR) is 65.6 cm³/mol. The van der Waals surface area contributed by atoms with Crippen molar-refractivity contribution in [1.29, 1.82) is 10.5 Å². The zero-order chi connectivity index (χ0) is 12.4. The van der Waals surface area contributed by atoms with Crippen molar-refractivity contribution in [3.05, 3.63) is 29.3 Å². The summed E-state index contributed by atoms with van der Waals surface area (Å²) >= 11 is 4.27. The molecule has 0 radical (unpaired) electrons. The van der Waals surface area contributed by atoms with Crippen molar-refractivity contribution in [3.8, 4) is 12.1 Å². The van der Waals surface area contributed by atoms with E-state index in [0.29, 0.717) is 29.8 Å². The van der Waals surface area contributed by atoms with E-state index >= 15 is 0 Å². The Labute approximate surface area is 104 Å². The van der Waals surface area contributed by atoms with Gasteiger partial charge in [0.1, 0.15) is 12.1 Å². The molecule has 0 spiro atoms. The normalized spacial score (nSPS) is 18.9. The lowest BCUT2D eigenvalue weighted by atomic mass is 10.1. The molecule has 84 valence electrons. The van der Waals surface area contributed by atoms with Gasteiger partial charge in [-0.05, 0) is 18.2 Å². The van der Waals surface area contributed by atoms with Gasteiger partial charge < -0.3 is 4.90 Å². The number of benzene rings is 1. The van der Waals surface area contributed by atoms with Gasteiger partial charge >= 0.3 is 0 Å². The number of rotatable bonds is 1. The number of amides is 1. The second kappa shape index (κ2) is 4.48. The minimum absolute atomic E-state index is 0.00130. The molecule has 1 aromatic rings. The summed E-state index contributed by atoms with van der Waals surface area (Å²) in [7, 11) is 0. The standard InChI is InChI=1S/C12H9N3OS/c13-5-8-1-2-10(3-9(8)6-14)15-7-11(17)4-12(15)16/h1-3,11,17H,4,7H2. The number of carbonyl (C=O) groups excluding carboxylic acids is 1. The Morgan fingerprint density at radius 2 is 2.00 bits per heavy atom. The van der Waals surface area contributed by atoms with Crippen LogP contribution in [0.2, 0.25) is 0 Å². The molecular formula is C12H9N3OS. The summed E-state index contributed by atoms with van der Waals surface area (Å²) in [5, 5.41) is 17.8. The molecule has 1 aliphatic heterocycles. The highest BCUT2D eigenvalue weighted by atomic mass is 32.1. The van der Waals surface area contributed by atoms with E-state index in [2.05, 4.69) is 12.6 Å². The number of anilines is 1. The largest absolute Gasteiger partial charge is 0.311 e. The highest BCUT2D eigenvalue weighted by Crippen LogP contribution is 2.25. The Kier molecular flexibility index (Phi) is 3.03.